The smallest absolute Gasteiger partial charge is 0.232 e. The number of alkyl halides is 6. The second-order valence-electron chi connectivity index (χ2n) is 5.52. The molecule has 2 aromatic carbocycles. The summed E-state index contributed by atoms with van der Waals surface area (Å²) in [4.78, 5) is 0. The molecule has 0 N–H and O–H groups in total. The van der Waals surface area contributed by atoms with E-state index in [1.165, 1.54) is 37.1 Å². The maximum absolute atomic E-state index is 11.8. The molecule has 0 nitrogen and oxygen atoms in total. The minimum atomic E-state index is -4.23. The summed E-state index contributed by atoms with van der Waals surface area (Å²) in [5.74, 6) is 0. The maximum atomic E-state index is 11.8. The molecule has 0 atom stereocenters. The van der Waals surface area contributed by atoms with Crippen molar-refractivity contribution >= 4 is 0 Å². The molecule has 0 aliphatic heterocycles. The molecule has 7 heteroatoms. The van der Waals surface area contributed by atoms with Crippen LogP contribution in [0.2, 0.25) is 0 Å². The number of benzene rings is 2. The summed E-state index contributed by atoms with van der Waals surface area (Å²) in [5, 5.41) is 0. The molecule has 1 aliphatic rings. The van der Waals surface area contributed by atoms with E-state index < -0.39 is 23.5 Å². The Morgan fingerprint density at radius 1 is 0.655 bits per heavy atom. The third-order valence-corrected chi connectivity index (χ3v) is 3.30. The fraction of sp³-hybridized carbons (Fsp3) is 0.227. The Kier molecular flexibility index (Phi) is 13.2. The molecule has 0 heterocycles. The van der Waals surface area contributed by atoms with Gasteiger partial charge in [0.1, 0.15) is 0 Å². The van der Waals surface area contributed by atoms with Crippen molar-refractivity contribution in [3.63, 3.8) is 0 Å². The molecule has 0 radical (unpaired) electrons. The number of hydrogen-bond donors (Lipinski definition) is 0. The molecule has 29 heavy (non-hydrogen) atoms. The first-order valence-corrected chi connectivity index (χ1v) is 8.41. The molecular weight excluding hydrogens is 573 g/mol. The SMILES string of the molecule is C1=C\CC/C=C\C[CH-]/1.FC(F)(F)c1cc[c-]cc1.FC(F)(F)c1cc[c-]cc1.[Pt]. The Balaban J connectivity index is 0.000000401. The van der Waals surface area contributed by atoms with Crippen molar-refractivity contribution in [2.75, 3.05) is 0 Å². The van der Waals surface area contributed by atoms with Crippen molar-refractivity contribution in [2.24, 2.45) is 0 Å². The molecule has 0 unspecified atom stereocenters. The second-order valence-corrected chi connectivity index (χ2v) is 5.52. The van der Waals surface area contributed by atoms with Crippen LogP contribution in [0.1, 0.15) is 30.4 Å². The van der Waals surface area contributed by atoms with Gasteiger partial charge in [0.05, 0.1) is 0 Å². The standard InChI is InChI=1S/C8H11.2C7H4F3.Pt/c1-2-4-6-8-7-5-3-1;2*8-7(9,10)6-4-2-1-3-5-6;/h1-3,6,8H,4-5,7H2;2*2-5H;/q3*-1;/b3-1-,8-6-;;;. The van der Waals surface area contributed by atoms with E-state index in [0.717, 1.165) is 30.7 Å². The Morgan fingerprint density at radius 2 is 1.07 bits per heavy atom. The molecule has 0 saturated heterocycles. The van der Waals surface area contributed by atoms with Gasteiger partial charge in [-0.05, 0) is 6.42 Å². The molecule has 1 aliphatic carbocycles. The van der Waals surface area contributed by atoms with E-state index in [9.17, 15) is 26.3 Å². The van der Waals surface area contributed by atoms with Gasteiger partial charge in [0.25, 0.3) is 0 Å². The first-order chi connectivity index (χ1) is 13.2. The summed E-state index contributed by atoms with van der Waals surface area (Å²) >= 11 is 0. The molecule has 162 valence electrons. The third-order valence-electron chi connectivity index (χ3n) is 3.30. The van der Waals surface area contributed by atoms with E-state index in [2.05, 4.69) is 42.9 Å². The van der Waals surface area contributed by atoms with E-state index in [-0.39, 0.29) is 21.1 Å². The fourth-order valence-corrected chi connectivity index (χ4v) is 1.91. The van der Waals surface area contributed by atoms with Crippen LogP contribution < -0.4 is 0 Å². The van der Waals surface area contributed by atoms with E-state index in [1.807, 2.05) is 0 Å². The van der Waals surface area contributed by atoms with Crippen molar-refractivity contribution in [3.05, 3.63) is 103 Å². The van der Waals surface area contributed by atoms with Crippen LogP contribution in [0.15, 0.2) is 72.8 Å². The Hall–Kier alpha value is -1.94. The minimum absolute atomic E-state index is 0. The largest absolute Gasteiger partial charge is 0.394 e. The molecule has 0 spiro atoms. The first-order valence-electron chi connectivity index (χ1n) is 8.41. The zero-order valence-corrected chi connectivity index (χ0v) is 17.5. The molecule has 0 saturated carbocycles. The normalized spacial score (nSPS) is 15.4. The quantitative estimate of drug-likeness (QED) is 0.169. The second kappa shape index (κ2) is 14.1. The topological polar surface area (TPSA) is 0 Å². The number of halogens is 6. The number of allylic oxidation sites excluding steroid dienone is 4. The monoisotopic (exact) mass is 592 g/mol. The van der Waals surface area contributed by atoms with Gasteiger partial charge < -0.3 is 0 Å². The van der Waals surface area contributed by atoms with Gasteiger partial charge in [0.2, 0.25) is 0 Å². The van der Waals surface area contributed by atoms with E-state index >= 15 is 0 Å². The summed E-state index contributed by atoms with van der Waals surface area (Å²) in [6.45, 7) is 0. The minimum Gasteiger partial charge on any atom is -0.232 e. The maximum Gasteiger partial charge on any atom is 0.394 e. The van der Waals surface area contributed by atoms with Crippen molar-refractivity contribution in [1.29, 1.82) is 0 Å². The number of rotatable bonds is 0. The zero-order chi connectivity index (χ0) is 20.9. The van der Waals surface area contributed by atoms with Crippen LogP contribution in [0.3, 0.4) is 0 Å². The van der Waals surface area contributed by atoms with E-state index in [4.69, 9.17) is 0 Å². The summed E-state index contributed by atoms with van der Waals surface area (Å²) in [6, 6.07) is 13.9. The van der Waals surface area contributed by atoms with Crippen molar-refractivity contribution in [1.82, 2.24) is 0 Å². The summed E-state index contributed by atoms with van der Waals surface area (Å²) < 4.78 is 70.6. The van der Waals surface area contributed by atoms with Gasteiger partial charge in [-0.25, -0.2) is 18.6 Å². The molecule has 2 aromatic rings. The third kappa shape index (κ3) is 13.0. The van der Waals surface area contributed by atoms with Crippen LogP contribution >= 0.6 is 0 Å². The van der Waals surface area contributed by atoms with Crippen molar-refractivity contribution in [2.45, 2.75) is 31.6 Å². The Morgan fingerprint density at radius 3 is 1.45 bits per heavy atom. The fourth-order valence-electron chi connectivity index (χ4n) is 1.91. The molecule has 0 fully saturated rings. The predicted octanol–water partition coefficient (Wildman–Crippen LogP) is 7.50. The van der Waals surface area contributed by atoms with Crippen LogP contribution in [0.25, 0.3) is 0 Å². The molecular formula is C22H19F6Pt-3. The van der Waals surface area contributed by atoms with E-state index in [0.29, 0.717) is 0 Å². The van der Waals surface area contributed by atoms with Crippen LogP contribution in [-0.2, 0) is 33.4 Å². The molecule has 3 rings (SSSR count). The predicted molar refractivity (Wildman–Crippen MR) is 97.0 cm³/mol. The van der Waals surface area contributed by atoms with Crippen molar-refractivity contribution in [3.8, 4) is 0 Å². The molecule has 0 amide bonds. The molecule has 0 aromatic heterocycles. The van der Waals surface area contributed by atoms with E-state index in [1.54, 1.807) is 0 Å². The van der Waals surface area contributed by atoms with Crippen LogP contribution in [0.4, 0.5) is 26.3 Å². The van der Waals surface area contributed by atoms with Gasteiger partial charge in [-0.15, -0.1) is 6.08 Å². The van der Waals surface area contributed by atoms with Gasteiger partial charge in [0, 0.05) is 21.1 Å². The Labute approximate surface area is 181 Å². The summed E-state index contributed by atoms with van der Waals surface area (Å²) in [7, 11) is 0. The zero-order valence-electron chi connectivity index (χ0n) is 15.2. The number of hydrogen-bond acceptors (Lipinski definition) is 0. The van der Waals surface area contributed by atoms with Crippen LogP contribution in [0.5, 0.6) is 0 Å². The van der Waals surface area contributed by atoms with Crippen LogP contribution in [0, 0.1) is 18.6 Å². The average molecular weight is 592 g/mol. The summed E-state index contributed by atoms with van der Waals surface area (Å²) in [5.41, 5.74) is -1.27. The van der Waals surface area contributed by atoms with Gasteiger partial charge in [-0.1, -0.05) is 30.0 Å². The summed E-state index contributed by atoms with van der Waals surface area (Å²) in [6.07, 6.45) is 6.05. The van der Waals surface area contributed by atoms with Crippen molar-refractivity contribution < 1.29 is 47.4 Å². The Bertz CT molecular complexity index is 628. The van der Waals surface area contributed by atoms with Gasteiger partial charge in [0.15, 0.2) is 0 Å². The molecule has 0 bridgehead atoms. The van der Waals surface area contributed by atoms with Gasteiger partial charge >= 0.3 is 12.4 Å². The average Bonchev–Trinajstić information content (AvgIpc) is 2.62. The van der Waals surface area contributed by atoms with Gasteiger partial charge in [-0.3, -0.25) is 0 Å². The van der Waals surface area contributed by atoms with Gasteiger partial charge in [-0.2, -0.15) is 87.0 Å². The first kappa shape index (κ1) is 27.1. The van der Waals surface area contributed by atoms with Crippen LogP contribution in [-0.4, -0.2) is 0 Å².